The Morgan fingerprint density at radius 3 is 2.59 bits per heavy atom. The van der Waals surface area contributed by atoms with Gasteiger partial charge < -0.3 is 10.4 Å². The highest BCUT2D eigenvalue weighted by molar-refractivity contribution is 5.79. The second-order valence-corrected chi connectivity index (χ2v) is 7.25. The summed E-state index contributed by atoms with van der Waals surface area (Å²) < 4.78 is 15.6. The fourth-order valence-electron chi connectivity index (χ4n) is 2.69. The number of fused-ring (bicyclic) bond motifs is 1. The molecule has 2 heterocycles. The van der Waals surface area contributed by atoms with E-state index in [-0.39, 0.29) is 29.8 Å². The Bertz CT molecular complexity index is 1040. The average Bonchev–Trinajstić information content (AvgIpc) is 2.59. The summed E-state index contributed by atoms with van der Waals surface area (Å²) >= 11 is 0. The zero-order chi connectivity index (χ0) is 19.8. The van der Waals surface area contributed by atoms with Crippen molar-refractivity contribution in [3.05, 3.63) is 63.8 Å². The quantitative estimate of drug-likeness (QED) is 0.722. The molecule has 0 spiro atoms. The molecule has 0 aliphatic carbocycles. The van der Waals surface area contributed by atoms with Crippen LogP contribution in [0, 0.1) is 5.82 Å². The fraction of sp³-hybridized carbons (Fsp3) is 0.350. The third-order valence-electron chi connectivity index (χ3n) is 4.77. The van der Waals surface area contributed by atoms with Crippen molar-refractivity contribution in [1.29, 1.82) is 0 Å². The van der Waals surface area contributed by atoms with Gasteiger partial charge in [-0.1, -0.05) is 18.2 Å². The predicted molar refractivity (Wildman–Crippen MR) is 103 cm³/mol. The minimum absolute atomic E-state index is 0.195. The minimum Gasteiger partial charge on any atom is -0.388 e. The first-order valence-corrected chi connectivity index (χ1v) is 8.76. The second kappa shape index (κ2) is 7.08. The van der Waals surface area contributed by atoms with E-state index in [0.29, 0.717) is 22.3 Å². The number of aromatic nitrogens is 3. The van der Waals surface area contributed by atoms with Crippen molar-refractivity contribution in [3.8, 4) is 0 Å². The molecule has 6 nitrogen and oxygen atoms in total. The number of nitrogens with one attached hydrogen (secondary N) is 1. The lowest BCUT2D eigenvalue weighted by Gasteiger charge is -2.27. The van der Waals surface area contributed by atoms with Crippen molar-refractivity contribution in [1.82, 2.24) is 14.5 Å². The van der Waals surface area contributed by atoms with Gasteiger partial charge in [0.1, 0.15) is 11.5 Å². The first kappa shape index (κ1) is 19.0. The van der Waals surface area contributed by atoms with Crippen LogP contribution in [0.2, 0.25) is 0 Å². The molecule has 3 rings (SSSR count). The molecule has 2 aromatic heterocycles. The predicted octanol–water partition coefficient (Wildman–Crippen LogP) is 2.63. The van der Waals surface area contributed by atoms with Crippen LogP contribution in [-0.4, -0.2) is 31.3 Å². The molecule has 0 bridgehead atoms. The van der Waals surface area contributed by atoms with Crippen LogP contribution >= 0.6 is 0 Å². The zero-order valence-corrected chi connectivity index (χ0v) is 15.8. The number of hydrogen-bond acceptors (Lipinski definition) is 5. The van der Waals surface area contributed by atoms with Gasteiger partial charge in [0.25, 0.3) is 5.56 Å². The first-order chi connectivity index (χ1) is 12.7. The van der Waals surface area contributed by atoms with E-state index in [2.05, 4.69) is 15.3 Å². The van der Waals surface area contributed by atoms with Crippen molar-refractivity contribution in [2.75, 3.05) is 5.32 Å². The van der Waals surface area contributed by atoms with Gasteiger partial charge in [-0.25, -0.2) is 9.37 Å². The summed E-state index contributed by atoms with van der Waals surface area (Å²) in [4.78, 5) is 21.0. The number of aryl methyl sites for hydroxylation is 1. The topological polar surface area (TPSA) is 80.0 Å². The Morgan fingerprint density at radius 1 is 1.22 bits per heavy atom. The third-order valence-corrected chi connectivity index (χ3v) is 4.77. The molecule has 0 fully saturated rings. The van der Waals surface area contributed by atoms with Gasteiger partial charge in [-0.05, 0) is 38.5 Å². The Labute approximate surface area is 156 Å². The molecule has 0 saturated heterocycles. The maximum Gasteiger partial charge on any atom is 0.251 e. The number of nitrogens with zero attached hydrogens (tertiary/aromatic N) is 3. The second-order valence-electron chi connectivity index (χ2n) is 7.25. The van der Waals surface area contributed by atoms with E-state index in [1.165, 1.54) is 16.7 Å². The lowest BCUT2D eigenvalue weighted by molar-refractivity contribution is 0.0646. The molecule has 0 radical (unpaired) electrons. The number of anilines is 1. The van der Waals surface area contributed by atoms with Crippen LogP contribution < -0.4 is 10.9 Å². The van der Waals surface area contributed by atoms with Gasteiger partial charge in [0.15, 0.2) is 0 Å². The molecule has 2 N–H and O–H groups in total. The molecule has 142 valence electrons. The number of halogens is 1. The smallest absolute Gasteiger partial charge is 0.251 e. The van der Waals surface area contributed by atoms with Crippen molar-refractivity contribution < 1.29 is 9.50 Å². The Hall–Kier alpha value is -2.80. The average molecular weight is 370 g/mol. The van der Waals surface area contributed by atoms with E-state index >= 15 is 0 Å². The molecule has 27 heavy (non-hydrogen) atoms. The molecule has 0 amide bonds. The molecule has 7 heteroatoms. The highest BCUT2D eigenvalue weighted by Crippen LogP contribution is 2.22. The van der Waals surface area contributed by atoms with Gasteiger partial charge in [-0.2, -0.15) is 4.98 Å². The van der Waals surface area contributed by atoms with Crippen molar-refractivity contribution in [2.45, 2.75) is 38.8 Å². The van der Waals surface area contributed by atoms with Crippen LogP contribution in [-0.2, 0) is 13.5 Å². The van der Waals surface area contributed by atoms with Crippen molar-refractivity contribution in [3.63, 3.8) is 0 Å². The lowest BCUT2D eigenvalue weighted by Crippen LogP contribution is -2.40. The lowest BCUT2D eigenvalue weighted by atomic mass is 10.0. The van der Waals surface area contributed by atoms with Gasteiger partial charge in [-0.15, -0.1) is 0 Å². The van der Waals surface area contributed by atoms with E-state index in [1.807, 2.05) is 6.92 Å². The number of hydrogen-bond donors (Lipinski definition) is 2. The Balaban J connectivity index is 2.14. The number of benzene rings is 1. The van der Waals surface area contributed by atoms with Gasteiger partial charge in [0.05, 0.1) is 17.3 Å². The van der Waals surface area contributed by atoms with Gasteiger partial charge in [0, 0.05) is 24.9 Å². The summed E-state index contributed by atoms with van der Waals surface area (Å²) in [6, 6.07) is 9.30. The largest absolute Gasteiger partial charge is 0.388 e. The summed E-state index contributed by atoms with van der Waals surface area (Å²) in [5, 5.41) is 13.9. The molecule has 0 saturated carbocycles. The van der Waals surface area contributed by atoms with Crippen LogP contribution in [0.4, 0.5) is 10.3 Å². The number of rotatable bonds is 5. The van der Waals surface area contributed by atoms with E-state index in [4.69, 9.17) is 0 Å². The Morgan fingerprint density at radius 2 is 1.93 bits per heavy atom. The first-order valence-electron chi connectivity index (χ1n) is 8.76. The minimum atomic E-state index is -0.993. The maximum absolute atomic E-state index is 14.1. The van der Waals surface area contributed by atoms with Crippen LogP contribution in [0.5, 0.6) is 0 Å². The highest BCUT2D eigenvalue weighted by Gasteiger charge is 2.23. The zero-order valence-electron chi connectivity index (χ0n) is 15.8. The van der Waals surface area contributed by atoms with Crippen LogP contribution in [0.15, 0.2) is 41.2 Å². The molecule has 1 atom stereocenters. The van der Waals surface area contributed by atoms with Crippen molar-refractivity contribution >= 4 is 17.0 Å². The normalized spacial score (nSPS) is 13.0. The van der Waals surface area contributed by atoms with Gasteiger partial charge in [-0.3, -0.25) is 9.36 Å². The molecule has 0 unspecified atom stereocenters. The monoisotopic (exact) mass is 370 g/mol. The van der Waals surface area contributed by atoms with Crippen LogP contribution in [0.25, 0.3) is 11.0 Å². The van der Waals surface area contributed by atoms with Gasteiger partial charge >= 0.3 is 0 Å². The molecule has 1 aromatic carbocycles. The number of pyridine rings is 1. The van der Waals surface area contributed by atoms with Crippen LogP contribution in [0.1, 0.15) is 32.0 Å². The maximum atomic E-state index is 14.1. The molecule has 0 aliphatic rings. The molecule has 0 aliphatic heterocycles. The van der Waals surface area contributed by atoms with Crippen LogP contribution in [0.3, 0.4) is 0 Å². The summed E-state index contributed by atoms with van der Waals surface area (Å²) in [5.74, 6) is -0.0295. The van der Waals surface area contributed by atoms with E-state index < -0.39 is 5.60 Å². The standard InChI is InChI=1S/C20H23FN4O2/c1-12(20(2,3)27)22-19-23-16(11-13-7-5-6-8-15(13)21)14-9-10-17(26)25(4)18(14)24-19/h5-10,12,27H,11H2,1-4H3,(H,22,23,24)/t12-/m0/s1. The van der Waals surface area contributed by atoms with E-state index in [9.17, 15) is 14.3 Å². The SMILES string of the molecule is C[C@H](Nc1nc(Cc2ccccc2F)c2ccc(=O)n(C)c2n1)C(C)(C)O. The Kier molecular flexibility index (Phi) is 4.97. The third kappa shape index (κ3) is 3.98. The van der Waals surface area contributed by atoms with Gasteiger partial charge in [0.2, 0.25) is 5.95 Å². The summed E-state index contributed by atoms with van der Waals surface area (Å²) in [6.07, 6.45) is 0.259. The highest BCUT2D eigenvalue weighted by atomic mass is 19.1. The summed E-state index contributed by atoms with van der Waals surface area (Å²) in [6.45, 7) is 5.18. The molecule has 3 aromatic rings. The van der Waals surface area contributed by atoms with E-state index in [1.54, 1.807) is 45.2 Å². The summed E-state index contributed by atoms with van der Waals surface area (Å²) in [5.41, 5.74) is 0.375. The number of aliphatic hydroxyl groups is 1. The fourth-order valence-corrected chi connectivity index (χ4v) is 2.69. The van der Waals surface area contributed by atoms with E-state index in [0.717, 1.165) is 0 Å². The molecular weight excluding hydrogens is 347 g/mol. The molecular formula is C20H23FN4O2. The van der Waals surface area contributed by atoms with Crippen molar-refractivity contribution in [2.24, 2.45) is 7.05 Å². The summed E-state index contributed by atoms with van der Waals surface area (Å²) in [7, 11) is 1.63.